The third kappa shape index (κ3) is 34.1. The van der Waals surface area contributed by atoms with Gasteiger partial charge in [0.05, 0.1) is 98.3 Å². The van der Waals surface area contributed by atoms with E-state index in [4.69, 9.17) is 77.1 Å². The van der Waals surface area contributed by atoms with Crippen molar-refractivity contribution in [2.45, 2.75) is 369 Å². The third-order valence-corrected chi connectivity index (χ3v) is 28.1. The molecule has 0 unspecified atom stereocenters. The van der Waals surface area contributed by atoms with Gasteiger partial charge in [0.25, 0.3) is 10.1 Å². The number of nitrogens with zero attached hydrogens (tertiary/aromatic N) is 7. The average Bonchev–Trinajstić information content (AvgIpc) is 1.52. The molecule has 0 aromatic rings. The van der Waals surface area contributed by atoms with Crippen LogP contribution in [0.5, 0.6) is 0 Å². The first-order valence-electron chi connectivity index (χ1n) is 46.4. The Bertz CT molecular complexity index is 3890. The van der Waals surface area contributed by atoms with E-state index in [9.17, 15) is 51.3 Å². The van der Waals surface area contributed by atoms with Crippen molar-refractivity contribution in [1.29, 1.82) is 10.5 Å². The number of fused-ring (bicyclic) bond motifs is 6. The maximum Gasteiger partial charge on any atom is 3.00 e. The van der Waals surface area contributed by atoms with E-state index in [1.807, 2.05) is 41.5 Å². The number of carbonyl (C=O) groups excluding carboxylic acids is 10. The van der Waals surface area contributed by atoms with Gasteiger partial charge in [-0.1, -0.05) is 234 Å². The minimum atomic E-state index is -4.29. The third-order valence-electron chi connectivity index (χ3n) is 27.3. The second-order valence-electron chi connectivity index (χ2n) is 36.3. The summed E-state index contributed by atoms with van der Waals surface area (Å²) in [6.45, 7) is 29.5. The Kier molecular flexibility index (Phi) is 53.3. The zero-order chi connectivity index (χ0) is 94.4. The smallest absolute Gasteiger partial charge is 0.680 e. The van der Waals surface area contributed by atoms with Crippen LogP contribution in [-0.2, 0) is 108 Å². The first kappa shape index (κ1) is 115. The Hall–Kier alpha value is -7.87. The number of amides is 3. The van der Waals surface area contributed by atoms with Crippen LogP contribution in [-0.4, -0.2) is 181 Å². The number of esters is 7. The molecule has 5 rings (SSSR count). The number of carbonyl (C=O) groups is 10. The number of methoxy groups -OCH3 is 7. The Morgan fingerprint density at radius 3 is 1.31 bits per heavy atom. The molecule has 0 spiro atoms. The molecule has 5 aliphatic rings. The quantitative estimate of drug-likeness (QED) is 0.0167. The van der Waals surface area contributed by atoms with Crippen LogP contribution in [0.25, 0.3) is 5.32 Å². The van der Waals surface area contributed by atoms with Crippen LogP contribution < -0.4 is 10.6 Å². The summed E-state index contributed by atoms with van der Waals surface area (Å²) in [5.74, 6) is -10.2. The van der Waals surface area contributed by atoms with Crippen molar-refractivity contribution in [3.8, 4) is 0 Å². The van der Waals surface area contributed by atoms with Crippen molar-refractivity contribution in [2.24, 2.45) is 60.3 Å². The van der Waals surface area contributed by atoms with Gasteiger partial charge in [0.2, 0.25) is 17.7 Å². The molecule has 3 amide bonds. The standard InChI is InChI=1S/C94H155N7O20S.2CN.Co/c1-18-20-22-24-26-28-30-32-34-36-38-40-42-46-58-101(59-47-43-41-39-37-35-33-31-29-27-25-23-21-19-2)89(111)71(95-72(102)49-45-44-48-60-122(112,113)114)62-73(103)96-84-83-68(51-54-75(105)116-12)92(8,63-79(109)120-16)86(98-83)66(4)82-69(52-55-76(106)117-13)93(9,64-80(110)121-17)94(10,100-82)87-70(61-78(108)119-15)91(7,57-56-77(107)118-14)85(99-87)65(3)81-67(50-53-74(104)115-11)90(5,6)88(84)97-81;2*1-2;/h67-71,87H,18-64H2,1-17H3,(H4,95,96,97,98,99,100,102,103,112,113,114);;;/q;2*-1;+3/p-1/t67-,68-,69-,70+,71+,87-,91-,92+,93+,94+;;;/m1.../s1. The van der Waals surface area contributed by atoms with E-state index in [0.29, 0.717) is 54.2 Å². The normalized spacial score (nSPS) is 23.8. The molecule has 127 heavy (non-hydrogen) atoms. The van der Waals surface area contributed by atoms with Gasteiger partial charge in [0.1, 0.15) is 6.04 Å². The van der Waals surface area contributed by atoms with Crippen LogP contribution in [0.4, 0.5) is 0 Å². The zero-order valence-corrected chi connectivity index (χ0v) is 81.6. The topological polar surface area (TPSA) is 416 Å². The summed E-state index contributed by atoms with van der Waals surface area (Å²) >= 11 is 0. The van der Waals surface area contributed by atoms with E-state index in [1.165, 1.54) is 153 Å². The zero-order valence-electron chi connectivity index (χ0n) is 79.8. The Balaban J connectivity index is 0.0000108. The number of unbranched alkanes of at least 4 members (excludes halogenated alkanes) is 28. The molecule has 0 aromatic heterocycles. The number of ether oxygens (including phenoxy) is 7. The van der Waals surface area contributed by atoms with Crippen molar-refractivity contribution in [1.82, 2.24) is 15.5 Å². The molecule has 8 bridgehead atoms. The monoisotopic (exact) mass is 1840 g/mol. The van der Waals surface area contributed by atoms with Gasteiger partial charge in [-0.2, -0.15) is 14.1 Å². The van der Waals surface area contributed by atoms with E-state index >= 15 is 9.59 Å². The molecular weight excluding hydrogens is 1690 g/mol. The van der Waals surface area contributed by atoms with E-state index < -0.39 is 151 Å². The van der Waals surface area contributed by atoms with Crippen LogP contribution in [0.15, 0.2) is 48.9 Å². The fourth-order valence-corrected chi connectivity index (χ4v) is 20.2. The van der Waals surface area contributed by atoms with Gasteiger partial charge < -0.3 is 77.7 Å². The van der Waals surface area contributed by atoms with Crippen molar-refractivity contribution in [2.75, 3.05) is 68.6 Å². The largest absolute Gasteiger partial charge is 3.00 e. The van der Waals surface area contributed by atoms with E-state index in [2.05, 4.69) is 24.5 Å². The van der Waals surface area contributed by atoms with Crippen molar-refractivity contribution in [3.05, 3.63) is 52.4 Å². The molecular formula is C96H154CoN9O20S. The Morgan fingerprint density at radius 1 is 0.472 bits per heavy atom. The summed E-state index contributed by atoms with van der Waals surface area (Å²) in [4.78, 5) is 165. The van der Waals surface area contributed by atoms with Gasteiger partial charge in [0, 0.05) is 102 Å². The molecule has 718 valence electrons. The van der Waals surface area contributed by atoms with Crippen LogP contribution in [0, 0.1) is 69.0 Å². The molecule has 0 radical (unpaired) electrons. The summed E-state index contributed by atoms with van der Waals surface area (Å²) in [5, 5.41) is 24.6. The molecule has 10 atom stereocenters. The van der Waals surface area contributed by atoms with Gasteiger partial charge in [0.15, 0.2) is 0 Å². The second-order valence-corrected chi connectivity index (χ2v) is 37.9. The number of aliphatic imine (C=N–C) groups is 3. The number of rotatable bonds is 59. The Morgan fingerprint density at radius 2 is 0.874 bits per heavy atom. The van der Waals surface area contributed by atoms with Crippen LogP contribution in [0.2, 0.25) is 0 Å². The SMILES string of the molecule is CCCCCCCCCCCCCCCCN(CCCCCCCCCCCCCCCC)C(=O)[C@H](CC(=O)N/C1=C2N=C(/C(C)=C3\[N-][C@@](C)([C@@H]4N=C(/C(C)=C5N=C1C(C)(C)[C@@H]\5CCC(=O)OC)[C@](C)(CCC(=O)OC)[C@H]4CC(=O)OC)[C@@](C)(CC(=O)OC)[C@@H]3CCC(=O)OC)[C@@](C)(CC(=O)OC)[C@@H]/2CCC(=O)OC)NC(=O)CCCCCS(=O)(=O)O.[C-]#N.[C-]#N.[Co+3]. The molecule has 5 aliphatic heterocycles. The van der Waals surface area contributed by atoms with Gasteiger partial charge >= 0.3 is 58.6 Å². The summed E-state index contributed by atoms with van der Waals surface area (Å²) in [5.41, 5.74) is -4.56. The first-order valence-corrected chi connectivity index (χ1v) is 48.0. The van der Waals surface area contributed by atoms with Gasteiger partial charge in [-0.05, 0) is 87.7 Å². The van der Waals surface area contributed by atoms with Gasteiger partial charge in [-0.25, -0.2) is 0 Å². The number of hydrogen-bond acceptors (Lipinski definition) is 24. The molecule has 29 nitrogen and oxygen atoms in total. The summed E-state index contributed by atoms with van der Waals surface area (Å²) in [7, 11) is 4.56. The molecule has 1 fully saturated rings. The average molecular weight is 1850 g/mol. The summed E-state index contributed by atoms with van der Waals surface area (Å²) in [6, 6.07) is -2.57. The molecule has 3 N–H and O–H groups in total. The van der Waals surface area contributed by atoms with Crippen LogP contribution >= 0.6 is 0 Å². The summed E-state index contributed by atoms with van der Waals surface area (Å²) in [6.07, 6.45) is 29.7. The molecule has 0 saturated carbocycles. The maximum absolute atomic E-state index is 16.4. The molecule has 31 heteroatoms. The van der Waals surface area contributed by atoms with Crippen LogP contribution in [0.1, 0.15) is 352 Å². The van der Waals surface area contributed by atoms with E-state index in [0.717, 1.165) is 64.2 Å². The maximum atomic E-state index is 16.4. The van der Waals surface area contributed by atoms with E-state index in [1.54, 1.807) is 18.7 Å². The van der Waals surface area contributed by atoms with E-state index in [-0.39, 0.29) is 129 Å². The molecule has 0 aliphatic carbocycles. The molecule has 1 saturated heterocycles. The number of hydrogen-bond donors (Lipinski definition) is 3. The predicted molar refractivity (Wildman–Crippen MR) is 484 cm³/mol. The second kappa shape index (κ2) is 58.7. The number of nitrogens with one attached hydrogen (secondary N) is 2. The van der Waals surface area contributed by atoms with Crippen molar-refractivity contribution >= 4 is 86.8 Å². The predicted octanol–water partition coefficient (Wildman–Crippen LogP) is 18.1. The van der Waals surface area contributed by atoms with Gasteiger partial charge in [-0.15, -0.1) is 0 Å². The van der Waals surface area contributed by atoms with Crippen molar-refractivity contribution in [3.63, 3.8) is 0 Å². The Labute approximate surface area is 770 Å². The molecule has 5 heterocycles. The van der Waals surface area contributed by atoms with Gasteiger partial charge in [-0.3, -0.25) is 67.5 Å². The van der Waals surface area contributed by atoms with Crippen molar-refractivity contribution < 1.29 is 111 Å². The number of allylic oxidation sites excluding steroid dienone is 6. The minimum absolute atomic E-state index is 0. The molecule has 0 aromatic carbocycles. The first-order chi connectivity index (χ1) is 60.0. The fraction of sp³-hybridized carbons (Fsp3) is 0.781. The van der Waals surface area contributed by atoms with Crippen LogP contribution in [0.3, 0.4) is 0 Å². The fourth-order valence-electron chi connectivity index (χ4n) is 19.7. The summed E-state index contributed by atoms with van der Waals surface area (Å²) < 4.78 is 71.1. The minimum Gasteiger partial charge on any atom is -0.680 e.